The van der Waals surface area contributed by atoms with Gasteiger partial charge in [0.15, 0.2) is 0 Å². The molecule has 1 aromatic heterocycles. The van der Waals surface area contributed by atoms with Gasteiger partial charge in [-0.05, 0) is 12.1 Å². The molecule has 0 aliphatic heterocycles. The fourth-order valence-corrected chi connectivity index (χ4v) is 2.99. The minimum absolute atomic E-state index is 0.263. The molecule has 3 aromatic rings. The number of hydrogen-bond acceptors (Lipinski definition) is 1. The molecule has 116 valence electrons. The first-order valence-corrected chi connectivity index (χ1v) is 8.04. The van der Waals surface area contributed by atoms with Crippen LogP contribution in [0.2, 0.25) is 20.1 Å². The van der Waals surface area contributed by atoms with E-state index in [0.717, 1.165) is 0 Å². The van der Waals surface area contributed by atoms with Crippen molar-refractivity contribution in [3.8, 4) is 22.4 Å². The van der Waals surface area contributed by atoms with Crippen molar-refractivity contribution in [2.45, 2.75) is 0 Å². The van der Waals surface area contributed by atoms with Crippen molar-refractivity contribution in [3.63, 3.8) is 0 Å². The van der Waals surface area contributed by atoms with Gasteiger partial charge in [0.05, 0.1) is 25.8 Å². The number of halogens is 5. The highest BCUT2D eigenvalue weighted by Gasteiger charge is 2.15. The smallest absolute Gasteiger partial charge is 0.134 e. The van der Waals surface area contributed by atoms with Gasteiger partial charge in [-0.25, -0.2) is 4.39 Å². The maximum Gasteiger partial charge on any atom is 0.134 e. The van der Waals surface area contributed by atoms with E-state index in [1.54, 1.807) is 36.4 Å². The molecule has 0 saturated carbocycles. The largest absolute Gasteiger partial charge is 0.255 e. The molecule has 0 amide bonds. The van der Waals surface area contributed by atoms with Crippen LogP contribution in [0, 0.1) is 5.82 Å². The molecule has 0 atom stereocenters. The molecule has 0 saturated heterocycles. The molecule has 0 unspecified atom stereocenters. The summed E-state index contributed by atoms with van der Waals surface area (Å²) in [6, 6.07) is 11.4. The number of rotatable bonds is 2. The zero-order valence-corrected chi connectivity index (χ0v) is 14.5. The van der Waals surface area contributed by atoms with Crippen molar-refractivity contribution < 1.29 is 4.39 Å². The second kappa shape index (κ2) is 6.66. The molecule has 3 rings (SSSR count). The fraction of sp³-hybridized carbons (Fsp3) is 0. The van der Waals surface area contributed by atoms with E-state index in [2.05, 4.69) is 4.98 Å². The third-order valence-corrected chi connectivity index (χ3v) is 4.96. The van der Waals surface area contributed by atoms with Gasteiger partial charge in [-0.3, -0.25) is 4.98 Å². The zero-order chi connectivity index (χ0) is 16.6. The van der Waals surface area contributed by atoms with Crippen LogP contribution in [0.15, 0.2) is 48.7 Å². The van der Waals surface area contributed by atoms with E-state index in [1.807, 2.05) is 0 Å². The molecule has 0 radical (unpaired) electrons. The maximum absolute atomic E-state index is 14.5. The average molecular weight is 387 g/mol. The molecule has 0 aliphatic rings. The van der Waals surface area contributed by atoms with Gasteiger partial charge in [0.25, 0.3) is 0 Å². The summed E-state index contributed by atoms with van der Waals surface area (Å²) in [5.74, 6) is -0.477. The van der Waals surface area contributed by atoms with E-state index in [1.165, 1.54) is 12.3 Å². The minimum Gasteiger partial charge on any atom is -0.255 e. The van der Waals surface area contributed by atoms with Crippen LogP contribution < -0.4 is 0 Å². The van der Waals surface area contributed by atoms with Gasteiger partial charge in [-0.15, -0.1) is 0 Å². The Morgan fingerprint density at radius 3 is 1.91 bits per heavy atom. The van der Waals surface area contributed by atoms with E-state index in [0.29, 0.717) is 31.9 Å². The van der Waals surface area contributed by atoms with Gasteiger partial charge in [0.1, 0.15) is 5.82 Å². The first-order valence-electron chi connectivity index (χ1n) is 6.53. The Hall–Kier alpha value is -1.32. The van der Waals surface area contributed by atoms with Crippen LogP contribution in [0.5, 0.6) is 0 Å². The summed E-state index contributed by atoms with van der Waals surface area (Å²) in [6.45, 7) is 0. The molecule has 6 heteroatoms. The summed E-state index contributed by atoms with van der Waals surface area (Å²) in [6.07, 6.45) is 1.40. The number of benzene rings is 2. The standard InChI is InChI=1S/C17H8Cl4FN/c18-12-5-1-3-9(16(12)20)11-8-23-15(7-14(11)22)10-4-2-6-13(19)17(10)21/h1-8H. The van der Waals surface area contributed by atoms with Crippen molar-refractivity contribution in [2.75, 3.05) is 0 Å². The van der Waals surface area contributed by atoms with Crippen LogP contribution in [0.4, 0.5) is 4.39 Å². The van der Waals surface area contributed by atoms with Gasteiger partial charge < -0.3 is 0 Å². The van der Waals surface area contributed by atoms with Crippen molar-refractivity contribution in [3.05, 3.63) is 74.6 Å². The topological polar surface area (TPSA) is 12.9 Å². The third-order valence-electron chi connectivity index (χ3n) is 3.32. The van der Waals surface area contributed by atoms with Crippen LogP contribution in [-0.2, 0) is 0 Å². The number of pyridine rings is 1. The first-order chi connectivity index (χ1) is 11.0. The van der Waals surface area contributed by atoms with Crippen molar-refractivity contribution in [1.29, 1.82) is 0 Å². The van der Waals surface area contributed by atoms with Gasteiger partial charge in [0, 0.05) is 29.0 Å². The lowest BCUT2D eigenvalue weighted by Gasteiger charge is -2.10. The van der Waals surface area contributed by atoms with Crippen molar-refractivity contribution in [2.24, 2.45) is 0 Å². The van der Waals surface area contributed by atoms with Crippen molar-refractivity contribution in [1.82, 2.24) is 4.98 Å². The molecule has 1 heterocycles. The summed E-state index contributed by atoms with van der Waals surface area (Å²) in [5.41, 5.74) is 1.69. The van der Waals surface area contributed by atoms with E-state index in [9.17, 15) is 4.39 Å². The lowest BCUT2D eigenvalue weighted by atomic mass is 10.0. The minimum atomic E-state index is -0.477. The highest BCUT2D eigenvalue weighted by molar-refractivity contribution is 6.44. The summed E-state index contributed by atoms with van der Waals surface area (Å²) >= 11 is 24.2. The number of hydrogen-bond donors (Lipinski definition) is 0. The Labute approximate surface area is 152 Å². The van der Waals surface area contributed by atoms with E-state index in [-0.39, 0.29) is 10.6 Å². The van der Waals surface area contributed by atoms with Crippen LogP contribution in [0.25, 0.3) is 22.4 Å². The number of aromatic nitrogens is 1. The molecule has 0 bridgehead atoms. The Kier molecular flexibility index (Phi) is 4.79. The van der Waals surface area contributed by atoms with E-state index < -0.39 is 5.82 Å². The third kappa shape index (κ3) is 3.17. The molecule has 0 spiro atoms. The molecule has 0 fully saturated rings. The van der Waals surface area contributed by atoms with Crippen LogP contribution in [-0.4, -0.2) is 4.98 Å². The number of nitrogens with zero attached hydrogens (tertiary/aromatic N) is 1. The second-order valence-electron chi connectivity index (χ2n) is 4.75. The molecule has 2 aromatic carbocycles. The zero-order valence-electron chi connectivity index (χ0n) is 11.5. The molecular weight excluding hydrogens is 379 g/mol. The predicted molar refractivity (Wildman–Crippen MR) is 95.1 cm³/mol. The maximum atomic E-state index is 14.5. The highest BCUT2D eigenvalue weighted by Crippen LogP contribution is 2.37. The Balaban J connectivity index is 2.12. The lowest BCUT2D eigenvalue weighted by Crippen LogP contribution is -1.92. The normalized spacial score (nSPS) is 10.8. The summed E-state index contributed by atoms with van der Waals surface area (Å²) in [7, 11) is 0. The Morgan fingerprint density at radius 1 is 0.739 bits per heavy atom. The summed E-state index contributed by atoms with van der Waals surface area (Å²) in [4.78, 5) is 4.27. The summed E-state index contributed by atoms with van der Waals surface area (Å²) in [5, 5.41) is 1.34. The first kappa shape index (κ1) is 16.5. The SMILES string of the molecule is Fc1cc(-c2cccc(Cl)c2Cl)ncc1-c1cccc(Cl)c1Cl. The molecule has 23 heavy (non-hydrogen) atoms. The monoisotopic (exact) mass is 385 g/mol. The molecule has 1 nitrogen and oxygen atoms in total. The van der Waals surface area contributed by atoms with Crippen LogP contribution in [0.1, 0.15) is 0 Å². The van der Waals surface area contributed by atoms with Crippen LogP contribution in [0.3, 0.4) is 0 Å². The molecule has 0 N–H and O–H groups in total. The van der Waals surface area contributed by atoms with E-state index >= 15 is 0 Å². The van der Waals surface area contributed by atoms with E-state index in [4.69, 9.17) is 46.4 Å². The van der Waals surface area contributed by atoms with Gasteiger partial charge in [0.2, 0.25) is 0 Å². The highest BCUT2D eigenvalue weighted by atomic mass is 35.5. The van der Waals surface area contributed by atoms with Crippen LogP contribution >= 0.6 is 46.4 Å². The van der Waals surface area contributed by atoms with Gasteiger partial charge in [-0.2, -0.15) is 0 Å². The van der Waals surface area contributed by atoms with Gasteiger partial charge >= 0.3 is 0 Å². The Bertz CT molecular complexity index is 896. The quantitative estimate of drug-likeness (QED) is 0.454. The average Bonchev–Trinajstić information content (AvgIpc) is 2.53. The fourth-order valence-electron chi connectivity index (χ4n) is 2.19. The second-order valence-corrected chi connectivity index (χ2v) is 6.32. The summed E-state index contributed by atoms with van der Waals surface area (Å²) < 4.78 is 14.5. The molecule has 0 aliphatic carbocycles. The Morgan fingerprint density at radius 2 is 1.30 bits per heavy atom. The lowest BCUT2D eigenvalue weighted by molar-refractivity contribution is 0.630. The van der Waals surface area contributed by atoms with Gasteiger partial charge in [-0.1, -0.05) is 70.7 Å². The molecular formula is C17H8Cl4FN. The predicted octanol–water partition coefficient (Wildman–Crippen LogP) is 7.17. The van der Waals surface area contributed by atoms with Crippen molar-refractivity contribution >= 4 is 46.4 Å².